The van der Waals surface area contributed by atoms with Crippen LogP contribution in [0.2, 0.25) is 0 Å². The maximum atomic E-state index is 5.53. The fourth-order valence-electron chi connectivity index (χ4n) is 3.45. The summed E-state index contributed by atoms with van der Waals surface area (Å²) in [5, 5.41) is 3.43. The maximum absolute atomic E-state index is 5.53. The van der Waals surface area contributed by atoms with Crippen LogP contribution in [-0.4, -0.2) is 87.2 Å². The molecular weight excluding hydrogens is 477 g/mol. The van der Waals surface area contributed by atoms with Crippen molar-refractivity contribution in [2.24, 2.45) is 10.9 Å². The molecule has 1 aliphatic heterocycles. The number of nitrogens with zero attached hydrogens (tertiary/aromatic N) is 4. The van der Waals surface area contributed by atoms with Gasteiger partial charge in [-0.25, -0.2) is 0 Å². The number of hydrogen-bond donors (Lipinski definition) is 1. The Labute approximate surface area is 194 Å². The number of piperazine rings is 1. The third-order valence-corrected chi connectivity index (χ3v) is 5.07. The van der Waals surface area contributed by atoms with Crippen molar-refractivity contribution in [3.63, 3.8) is 0 Å². The van der Waals surface area contributed by atoms with Crippen LogP contribution in [0.15, 0.2) is 29.3 Å². The number of ether oxygens (including phenoxy) is 1. The fourth-order valence-corrected chi connectivity index (χ4v) is 3.45. The summed E-state index contributed by atoms with van der Waals surface area (Å²) in [5.74, 6) is 2.45. The van der Waals surface area contributed by atoms with Crippen molar-refractivity contribution in [3.8, 4) is 5.75 Å². The van der Waals surface area contributed by atoms with Gasteiger partial charge in [0.25, 0.3) is 0 Å². The normalized spacial score (nSPS) is 16.8. The van der Waals surface area contributed by atoms with E-state index in [0.29, 0.717) is 12.5 Å². The average Bonchev–Trinajstić information content (AvgIpc) is 2.68. The molecule has 0 aliphatic carbocycles. The van der Waals surface area contributed by atoms with Gasteiger partial charge < -0.3 is 24.8 Å². The van der Waals surface area contributed by atoms with E-state index in [1.54, 1.807) is 0 Å². The molecular formula is C22H40IN5O. The Kier molecular flexibility index (Phi) is 12.6. The van der Waals surface area contributed by atoms with Crippen LogP contribution in [0.3, 0.4) is 0 Å². The quantitative estimate of drug-likeness (QED) is 0.310. The fraction of sp³-hybridized carbons (Fsp3) is 0.682. The average molecular weight is 518 g/mol. The molecule has 29 heavy (non-hydrogen) atoms. The van der Waals surface area contributed by atoms with E-state index in [1.165, 1.54) is 31.7 Å². The number of nitrogens with one attached hydrogen (secondary N) is 1. The van der Waals surface area contributed by atoms with Crippen molar-refractivity contribution in [3.05, 3.63) is 29.8 Å². The Morgan fingerprint density at radius 2 is 1.83 bits per heavy atom. The molecule has 1 saturated heterocycles. The SMILES string of the molecule is CCNC(=NCC(C)CN1CCN(C)CC1)N(C)Cc1ccc(OCC)cc1.I. The second-order valence-electron chi connectivity index (χ2n) is 7.84. The Hall–Kier alpha value is -1.06. The summed E-state index contributed by atoms with van der Waals surface area (Å²) in [6, 6.07) is 8.33. The van der Waals surface area contributed by atoms with Gasteiger partial charge in [-0.3, -0.25) is 4.99 Å². The van der Waals surface area contributed by atoms with E-state index in [1.807, 2.05) is 19.1 Å². The van der Waals surface area contributed by atoms with E-state index in [4.69, 9.17) is 9.73 Å². The van der Waals surface area contributed by atoms with Gasteiger partial charge in [0.2, 0.25) is 0 Å². The highest BCUT2D eigenvalue weighted by Gasteiger charge is 2.16. The first-order valence-electron chi connectivity index (χ1n) is 10.6. The van der Waals surface area contributed by atoms with E-state index >= 15 is 0 Å². The molecule has 0 bridgehead atoms. The summed E-state index contributed by atoms with van der Waals surface area (Å²) >= 11 is 0. The molecule has 2 rings (SSSR count). The first-order chi connectivity index (χ1) is 13.5. The Bertz CT molecular complexity index is 587. The topological polar surface area (TPSA) is 43.3 Å². The second-order valence-corrected chi connectivity index (χ2v) is 7.84. The van der Waals surface area contributed by atoms with E-state index in [0.717, 1.165) is 37.9 Å². The molecule has 1 aromatic carbocycles. The molecule has 0 radical (unpaired) electrons. The lowest BCUT2D eigenvalue weighted by Gasteiger charge is -2.33. The minimum Gasteiger partial charge on any atom is -0.494 e. The zero-order valence-electron chi connectivity index (χ0n) is 18.9. The molecule has 1 aromatic rings. The molecule has 1 unspecified atom stereocenters. The van der Waals surface area contributed by atoms with E-state index in [-0.39, 0.29) is 24.0 Å². The molecule has 1 N–H and O–H groups in total. The zero-order valence-corrected chi connectivity index (χ0v) is 21.2. The van der Waals surface area contributed by atoms with Crippen LogP contribution >= 0.6 is 24.0 Å². The molecule has 0 aromatic heterocycles. The van der Waals surface area contributed by atoms with Crippen molar-refractivity contribution < 1.29 is 4.74 Å². The van der Waals surface area contributed by atoms with Gasteiger partial charge in [0.1, 0.15) is 5.75 Å². The first kappa shape index (κ1) is 26.0. The van der Waals surface area contributed by atoms with Crippen LogP contribution in [0.1, 0.15) is 26.3 Å². The predicted octanol–water partition coefficient (Wildman–Crippen LogP) is 2.98. The number of benzene rings is 1. The lowest BCUT2D eigenvalue weighted by atomic mass is 10.1. The summed E-state index contributed by atoms with van der Waals surface area (Å²) in [5.41, 5.74) is 1.25. The third kappa shape index (κ3) is 9.53. The Morgan fingerprint density at radius 1 is 1.17 bits per heavy atom. The van der Waals surface area contributed by atoms with Gasteiger partial charge in [0.05, 0.1) is 6.61 Å². The van der Waals surface area contributed by atoms with E-state index in [9.17, 15) is 0 Å². The molecule has 166 valence electrons. The molecule has 1 fully saturated rings. The zero-order chi connectivity index (χ0) is 20.4. The minimum atomic E-state index is 0. The number of rotatable bonds is 9. The lowest BCUT2D eigenvalue weighted by molar-refractivity contribution is 0.140. The van der Waals surface area contributed by atoms with Crippen molar-refractivity contribution >= 4 is 29.9 Å². The number of aliphatic imine (C=N–C) groups is 1. The van der Waals surface area contributed by atoms with Gasteiger partial charge in [0, 0.05) is 59.4 Å². The van der Waals surface area contributed by atoms with Gasteiger partial charge in [-0.1, -0.05) is 19.1 Å². The minimum absolute atomic E-state index is 0. The number of likely N-dealkylation sites (N-methyl/N-ethyl adjacent to an activating group) is 1. The standard InChI is InChI=1S/C22H39N5O.HI/c1-6-23-22(24-16-19(3)17-27-14-12-25(4)13-15-27)26(5)18-20-8-10-21(11-9-20)28-7-2;/h8-11,19H,6-7,12-18H2,1-5H3,(H,23,24);1H. The van der Waals surface area contributed by atoms with E-state index < -0.39 is 0 Å². The monoisotopic (exact) mass is 517 g/mol. The van der Waals surface area contributed by atoms with Crippen molar-refractivity contribution in [1.29, 1.82) is 0 Å². The maximum Gasteiger partial charge on any atom is 0.193 e. The van der Waals surface area contributed by atoms with Gasteiger partial charge >= 0.3 is 0 Å². The van der Waals surface area contributed by atoms with Crippen LogP contribution in [0.25, 0.3) is 0 Å². The van der Waals surface area contributed by atoms with Crippen molar-refractivity contribution in [2.45, 2.75) is 27.3 Å². The molecule has 1 aliphatic rings. The number of hydrogen-bond acceptors (Lipinski definition) is 4. The largest absolute Gasteiger partial charge is 0.494 e. The highest BCUT2D eigenvalue weighted by molar-refractivity contribution is 14.0. The van der Waals surface area contributed by atoms with Crippen LogP contribution in [0.4, 0.5) is 0 Å². The summed E-state index contributed by atoms with van der Waals surface area (Å²) in [7, 11) is 4.30. The van der Waals surface area contributed by atoms with Gasteiger partial charge in [0.15, 0.2) is 5.96 Å². The summed E-state index contributed by atoms with van der Waals surface area (Å²) in [4.78, 5) is 12.1. The van der Waals surface area contributed by atoms with E-state index in [2.05, 4.69) is 60.1 Å². The molecule has 6 nitrogen and oxygen atoms in total. The molecule has 0 saturated carbocycles. The van der Waals surface area contributed by atoms with Crippen LogP contribution in [0, 0.1) is 5.92 Å². The molecule has 0 spiro atoms. The van der Waals surface area contributed by atoms with Gasteiger partial charge in [-0.15, -0.1) is 24.0 Å². The highest BCUT2D eigenvalue weighted by Crippen LogP contribution is 2.13. The van der Waals surface area contributed by atoms with Crippen LogP contribution in [-0.2, 0) is 6.54 Å². The third-order valence-electron chi connectivity index (χ3n) is 5.07. The van der Waals surface area contributed by atoms with Crippen LogP contribution in [0.5, 0.6) is 5.75 Å². The molecule has 0 amide bonds. The highest BCUT2D eigenvalue weighted by atomic mass is 127. The molecule has 1 heterocycles. The van der Waals surface area contributed by atoms with Gasteiger partial charge in [-0.05, 0) is 44.5 Å². The first-order valence-corrected chi connectivity index (χ1v) is 10.6. The summed E-state index contributed by atoms with van der Waals surface area (Å²) < 4.78 is 5.53. The smallest absolute Gasteiger partial charge is 0.193 e. The van der Waals surface area contributed by atoms with Crippen molar-refractivity contribution in [1.82, 2.24) is 20.0 Å². The Morgan fingerprint density at radius 3 is 2.41 bits per heavy atom. The number of guanidine groups is 1. The van der Waals surface area contributed by atoms with Gasteiger partial charge in [-0.2, -0.15) is 0 Å². The van der Waals surface area contributed by atoms with Crippen LogP contribution < -0.4 is 10.1 Å². The molecule has 7 heteroatoms. The second kappa shape index (κ2) is 14.0. The number of halogens is 1. The summed E-state index contributed by atoms with van der Waals surface area (Å²) in [6.07, 6.45) is 0. The summed E-state index contributed by atoms with van der Waals surface area (Å²) in [6.45, 7) is 15.5. The molecule has 1 atom stereocenters. The van der Waals surface area contributed by atoms with Crippen molar-refractivity contribution in [2.75, 3.05) is 66.5 Å². The Balaban J connectivity index is 0.00000420. The lowest BCUT2D eigenvalue weighted by Crippen LogP contribution is -2.46. The predicted molar refractivity (Wildman–Crippen MR) is 134 cm³/mol.